The van der Waals surface area contributed by atoms with Crippen molar-refractivity contribution in [3.63, 3.8) is 0 Å². The van der Waals surface area contributed by atoms with Crippen molar-refractivity contribution in [3.05, 3.63) is 106 Å². The molecule has 2 aromatic heterocycles. The zero-order chi connectivity index (χ0) is 48.8. The number of carbonyl (C=O) groups is 1. The number of rotatable bonds is 15. The van der Waals surface area contributed by atoms with E-state index in [2.05, 4.69) is 67.9 Å². The van der Waals surface area contributed by atoms with Crippen molar-refractivity contribution < 1.29 is 37.1 Å². The lowest BCUT2D eigenvalue weighted by atomic mass is 9.70. The maximum Gasteiger partial charge on any atom is 0.293 e. The first-order valence-corrected chi connectivity index (χ1v) is 25.9. The van der Waals surface area contributed by atoms with Crippen LogP contribution < -0.4 is 24.4 Å². The lowest BCUT2D eigenvalue weighted by Crippen LogP contribution is -2.63. The summed E-state index contributed by atoms with van der Waals surface area (Å²) in [6, 6.07) is 19.3. The van der Waals surface area contributed by atoms with E-state index < -0.39 is 42.9 Å². The molecule has 4 heterocycles. The number of benzene rings is 3. The molecule has 2 saturated carbocycles. The van der Waals surface area contributed by atoms with E-state index in [1.807, 2.05) is 0 Å². The largest absolute Gasteiger partial charge is 0.472 e. The van der Waals surface area contributed by atoms with Gasteiger partial charge in [-0.05, 0) is 131 Å². The van der Waals surface area contributed by atoms with Crippen LogP contribution >= 0.6 is 0 Å². The second-order valence-corrected chi connectivity index (χ2v) is 22.4. The Bertz CT molecular complexity index is 2820. The molecule has 69 heavy (non-hydrogen) atoms. The molecule has 0 radical (unpaired) electrons. The number of piperidine rings is 1. The Hall–Kier alpha value is -5.78. The number of H-pyrrole nitrogens is 1. The summed E-state index contributed by atoms with van der Waals surface area (Å²) in [6.45, 7) is 14.0. The van der Waals surface area contributed by atoms with Crippen LogP contribution in [0.3, 0.4) is 0 Å². The van der Waals surface area contributed by atoms with Crippen molar-refractivity contribution in [2.45, 2.75) is 127 Å². The highest BCUT2D eigenvalue weighted by Crippen LogP contribution is 2.49. The number of sulfonamides is 1. The third-order valence-electron chi connectivity index (χ3n) is 15.0. The molecule has 0 unspecified atom stereocenters. The number of nitrogens with one attached hydrogen (secondary N) is 3. The molecule has 4 N–H and O–H groups in total. The molecular formula is C52H64FN7O8S. The molecular weight excluding hydrogens is 902 g/mol. The highest BCUT2D eigenvalue weighted by Gasteiger charge is 2.49. The highest BCUT2D eigenvalue weighted by atomic mass is 32.2. The van der Waals surface area contributed by atoms with Gasteiger partial charge in [-0.2, -0.15) is 4.98 Å². The molecule has 2 saturated heterocycles. The number of nitrogens with zero attached hydrogens (tertiary/aromatic N) is 4. The van der Waals surface area contributed by atoms with E-state index in [-0.39, 0.29) is 57.1 Å². The number of ether oxygens (including phenoxy) is 2. The molecule has 2 aliphatic heterocycles. The molecule has 0 bridgehead atoms. The van der Waals surface area contributed by atoms with Gasteiger partial charge in [0.2, 0.25) is 0 Å². The van der Waals surface area contributed by atoms with Crippen LogP contribution in [0, 0.1) is 27.3 Å². The number of fused-ring (bicyclic) bond motifs is 1. The van der Waals surface area contributed by atoms with E-state index in [0.717, 1.165) is 63.6 Å². The van der Waals surface area contributed by atoms with Crippen LogP contribution in [0.5, 0.6) is 17.4 Å². The molecule has 1 spiro atoms. The average molecular weight is 966 g/mol. The van der Waals surface area contributed by atoms with Gasteiger partial charge in [-0.3, -0.25) is 19.8 Å². The van der Waals surface area contributed by atoms with Gasteiger partial charge < -0.3 is 29.8 Å². The maximum absolute atomic E-state index is 15.0. The Morgan fingerprint density at radius 3 is 2.43 bits per heavy atom. The van der Waals surface area contributed by atoms with Gasteiger partial charge in [0.1, 0.15) is 22.9 Å². The second kappa shape index (κ2) is 19.2. The Morgan fingerprint density at radius 1 is 0.986 bits per heavy atom. The Morgan fingerprint density at radius 2 is 1.72 bits per heavy atom. The SMILES string of the molecule is CC(C)Oc1nc2[nH]cc(F)c2cc1Oc1cc(N2CCC3(CC2)CN([C@H]2CCC[C@H]2c2ccccc2C(C)C)C3)ccc1C(=O)NS(=O)(=O)c1ccc(NC[C@H]2CC[C@](C)(O)CC2)c([N+](=O)[O-])c1. The number of carbonyl (C=O) groups excluding carboxylic acids is 1. The van der Waals surface area contributed by atoms with Crippen molar-refractivity contribution in [2.24, 2.45) is 11.3 Å². The lowest BCUT2D eigenvalue weighted by molar-refractivity contribution is -0.384. The number of aliphatic hydroxyl groups is 1. The van der Waals surface area contributed by atoms with E-state index in [4.69, 9.17) is 9.47 Å². The maximum atomic E-state index is 15.0. The number of hydrogen-bond donors (Lipinski definition) is 4. The van der Waals surface area contributed by atoms with Gasteiger partial charge in [-0.1, -0.05) is 44.5 Å². The summed E-state index contributed by atoms with van der Waals surface area (Å²) in [5.74, 6) is -0.402. The van der Waals surface area contributed by atoms with E-state index in [0.29, 0.717) is 37.3 Å². The molecule has 17 heteroatoms. The molecule has 2 aliphatic carbocycles. The van der Waals surface area contributed by atoms with Gasteiger partial charge in [0.25, 0.3) is 27.5 Å². The van der Waals surface area contributed by atoms with Crippen molar-refractivity contribution >= 4 is 44.0 Å². The molecule has 1 amide bonds. The third kappa shape index (κ3) is 10.3. The number of amides is 1. The first-order chi connectivity index (χ1) is 32.9. The topological polar surface area (TPSA) is 192 Å². The fourth-order valence-electron chi connectivity index (χ4n) is 11.2. The summed E-state index contributed by atoms with van der Waals surface area (Å²) in [5.41, 5.74) is 2.94. The van der Waals surface area contributed by atoms with E-state index in [1.54, 1.807) is 32.9 Å². The van der Waals surface area contributed by atoms with Crippen LogP contribution in [0.1, 0.15) is 126 Å². The van der Waals surface area contributed by atoms with Crippen molar-refractivity contribution in [1.29, 1.82) is 0 Å². The quantitative estimate of drug-likeness (QED) is 0.0574. The summed E-state index contributed by atoms with van der Waals surface area (Å²) >= 11 is 0. The van der Waals surface area contributed by atoms with Crippen molar-refractivity contribution in [3.8, 4) is 17.4 Å². The van der Waals surface area contributed by atoms with Crippen LogP contribution in [0.25, 0.3) is 11.0 Å². The minimum atomic E-state index is -4.67. The predicted molar refractivity (Wildman–Crippen MR) is 264 cm³/mol. The second-order valence-electron chi connectivity index (χ2n) is 20.7. The minimum absolute atomic E-state index is 0.00877. The Balaban J connectivity index is 0.943. The molecule has 4 fully saturated rings. The van der Waals surface area contributed by atoms with Crippen LogP contribution in [0.4, 0.5) is 21.5 Å². The first-order valence-electron chi connectivity index (χ1n) is 24.4. The fourth-order valence-corrected chi connectivity index (χ4v) is 12.1. The Kier molecular flexibility index (Phi) is 13.4. The molecule has 4 aliphatic rings. The predicted octanol–water partition coefficient (Wildman–Crippen LogP) is 10.0. The standard InChI is InChI=1S/C52H64FN7O8S/c1-32(2)37-9-6-7-10-38(37)39-11-8-12-44(39)59-30-52(31-59)21-23-58(24-22-52)35-13-15-40(46(25-35)68-47-27-41-42(53)29-55-48(41)56-50(47)67-33(3)4)49(61)57-69(65,66)36-14-16-43(45(26-36)60(63)64)54-28-34-17-19-51(5,62)20-18-34/h6-7,9-10,13-16,25-27,29,32-34,39,44,54,62H,8,11-12,17-24,28,30-31H2,1-5H3,(H,55,56)(H,57,61)/t34-,39-,44-,51-/m0/s1. The van der Waals surface area contributed by atoms with Gasteiger partial charge in [0.05, 0.1) is 32.5 Å². The fraction of sp³-hybridized carbons (Fsp3) is 0.500. The van der Waals surface area contributed by atoms with Crippen molar-refractivity contribution in [2.75, 3.05) is 42.9 Å². The van der Waals surface area contributed by atoms with Gasteiger partial charge in [-0.15, -0.1) is 0 Å². The Labute approximate surface area is 403 Å². The zero-order valence-corrected chi connectivity index (χ0v) is 40.9. The monoisotopic (exact) mass is 965 g/mol. The third-order valence-corrected chi connectivity index (χ3v) is 16.4. The van der Waals surface area contributed by atoms with Crippen LogP contribution in [-0.2, 0) is 10.0 Å². The number of aromatic amines is 1. The normalized spacial score (nSPS) is 22.8. The molecule has 3 aromatic carbocycles. The lowest BCUT2D eigenvalue weighted by Gasteiger charge is -2.57. The van der Waals surface area contributed by atoms with E-state index >= 15 is 0 Å². The number of halogens is 1. The number of hydrogen-bond acceptors (Lipinski definition) is 12. The van der Waals surface area contributed by atoms with Gasteiger partial charge >= 0.3 is 0 Å². The summed E-state index contributed by atoms with van der Waals surface area (Å²) in [6.07, 6.45) is 9.15. The average Bonchev–Trinajstić information content (AvgIpc) is 3.93. The summed E-state index contributed by atoms with van der Waals surface area (Å²) in [4.78, 5) is 37.5. The van der Waals surface area contributed by atoms with Gasteiger partial charge in [0, 0.05) is 68.8 Å². The van der Waals surface area contributed by atoms with E-state index in [1.165, 1.54) is 60.9 Å². The summed E-state index contributed by atoms with van der Waals surface area (Å²) in [7, 11) is -4.67. The first kappa shape index (κ1) is 48.3. The number of nitro groups is 1. The van der Waals surface area contributed by atoms with Crippen LogP contribution in [-0.4, -0.2) is 89.7 Å². The van der Waals surface area contributed by atoms with Crippen LogP contribution in [0.2, 0.25) is 0 Å². The number of likely N-dealkylation sites (tertiary alicyclic amines) is 1. The van der Waals surface area contributed by atoms with E-state index in [9.17, 15) is 32.8 Å². The summed E-state index contributed by atoms with van der Waals surface area (Å²) in [5, 5.41) is 25.8. The zero-order valence-electron chi connectivity index (χ0n) is 40.1. The number of anilines is 2. The summed E-state index contributed by atoms with van der Waals surface area (Å²) < 4.78 is 57.3. The molecule has 15 nitrogen and oxygen atoms in total. The van der Waals surface area contributed by atoms with Gasteiger partial charge in [0.15, 0.2) is 5.75 Å². The number of nitro benzene ring substituents is 1. The molecule has 9 rings (SSSR count). The van der Waals surface area contributed by atoms with Crippen LogP contribution in [0.15, 0.2) is 77.8 Å². The van der Waals surface area contributed by atoms with Crippen molar-refractivity contribution in [1.82, 2.24) is 19.6 Å². The minimum Gasteiger partial charge on any atom is -0.472 e. The molecule has 5 aromatic rings. The number of pyridine rings is 1. The highest BCUT2D eigenvalue weighted by molar-refractivity contribution is 7.90. The number of aromatic nitrogens is 2. The molecule has 368 valence electrons. The van der Waals surface area contributed by atoms with Gasteiger partial charge in [-0.25, -0.2) is 17.5 Å². The smallest absolute Gasteiger partial charge is 0.293 e. The molecule has 2 atom stereocenters.